The van der Waals surface area contributed by atoms with Crippen molar-refractivity contribution in [1.29, 1.82) is 0 Å². The minimum atomic E-state index is -0.389. The first kappa shape index (κ1) is 24.9. The van der Waals surface area contributed by atoms with Gasteiger partial charge in [0.25, 0.3) is 11.1 Å². The van der Waals surface area contributed by atoms with Crippen molar-refractivity contribution >= 4 is 29.3 Å². The summed E-state index contributed by atoms with van der Waals surface area (Å²) >= 11 is 1.11. The Bertz CT molecular complexity index is 1160. The smallest absolute Gasteiger partial charge is 0.277 e. The molecule has 0 aliphatic heterocycles. The first-order valence-corrected chi connectivity index (χ1v) is 11.2. The van der Waals surface area contributed by atoms with E-state index in [-0.39, 0.29) is 35.2 Å². The molecule has 180 valence electrons. The zero-order chi connectivity index (χ0) is 24.7. The van der Waals surface area contributed by atoms with Gasteiger partial charge in [0.2, 0.25) is 17.5 Å². The highest BCUT2D eigenvalue weighted by Gasteiger charge is 2.18. The molecule has 3 aromatic rings. The Morgan fingerprint density at radius 3 is 2.32 bits per heavy atom. The van der Waals surface area contributed by atoms with Gasteiger partial charge in [-0.05, 0) is 37.6 Å². The van der Waals surface area contributed by atoms with Crippen molar-refractivity contribution in [2.24, 2.45) is 0 Å². The van der Waals surface area contributed by atoms with Crippen molar-refractivity contribution < 1.29 is 28.2 Å². The zero-order valence-corrected chi connectivity index (χ0v) is 20.4. The number of amides is 2. The molecule has 3 rings (SSSR count). The number of aromatic nitrogens is 2. The standard InChI is InChI=1S/C23H26N4O6S/c1-13-6-7-16(14(2)8-13)25-19(28)12-34-23-27-26-20(33-23)11-24-22(29)15-9-17(30-3)21(32-5)18(10-15)31-4/h6-10H,11-12H2,1-5H3,(H,24,29)(H,25,28). The lowest BCUT2D eigenvalue weighted by Gasteiger charge is -2.13. The third-order valence-electron chi connectivity index (χ3n) is 4.76. The summed E-state index contributed by atoms with van der Waals surface area (Å²) < 4.78 is 21.3. The van der Waals surface area contributed by atoms with Crippen LogP contribution in [0.3, 0.4) is 0 Å². The van der Waals surface area contributed by atoms with E-state index >= 15 is 0 Å². The van der Waals surface area contributed by atoms with E-state index in [4.69, 9.17) is 18.6 Å². The van der Waals surface area contributed by atoms with Crippen LogP contribution in [0, 0.1) is 13.8 Å². The number of methoxy groups -OCH3 is 3. The molecule has 0 atom stereocenters. The van der Waals surface area contributed by atoms with E-state index in [0.29, 0.717) is 22.8 Å². The van der Waals surface area contributed by atoms with Gasteiger partial charge in [-0.3, -0.25) is 9.59 Å². The first-order valence-electron chi connectivity index (χ1n) is 10.2. The summed E-state index contributed by atoms with van der Waals surface area (Å²) in [5.74, 6) is 0.851. The molecular formula is C23H26N4O6S. The molecule has 0 saturated carbocycles. The fourth-order valence-corrected chi connectivity index (χ4v) is 3.69. The van der Waals surface area contributed by atoms with Crippen LogP contribution in [0.2, 0.25) is 0 Å². The van der Waals surface area contributed by atoms with E-state index in [1.165, 1.54) is 21.3 Å². The highest BCUT2D eigenvalue weighted by atomic mass is 32.2. The molecule has 10 nitrogen and oxygen atoms in total. The number of ether oxygens (including phenoxy) is 3. The summed E-state index contributed by atoms with van der Waals surface area (Å²) in [5, 5.41) is 13.6. The van der Waals surface area contributed by atoms with Gasteiger partial charge in [0.1, 0.15) is 0 Å². The van der Waals surface area contributed by atoms with Crippen molar-refractivity contribution in [2.75, 3.05) is 32.4 Å². The van der Waals surface area contributed by atoms with Crippen LogP contribution in [0.5, 0.6) is 17.2 Å². The van der Waals surface area contributed by atoms with Crippen LogP contribution in [0.15, 0.2) is 40.0 Å². The molecule has 0 spiro atoms. The second kappa shape index (κ2) is 11.4. The third kappa shape index (κ3) is 6.19. The summed E-state index contributed by atoms with van der Waals surface area (Å²) in [6.45, 7) is 3.94. The highest BCUT2D eigenvalue weighted by Crippen LogP contribution is 2.38. The Kier molecular flexibility index (Phi) is 8.36. The number of carbonyl (C=O) groups excluding carboxylic acids is 2. The van der Waals surface area contributed by atoms with Crippen LogP contribution < -0.4 is 24.8 Å². The van der Waals surface area contributed by atoms with Crippen LogP contribution in [0.1, 0.15) is 27.4 Å². The van der Waals surface area contributed by atoms with E-state index in [2.05, 4.69) is 20.8 Å². The Balaban J connectivity index is 1.54. The quantitative estimate of drug-likeness (QED) is 0.415. The lowest BCUT2D eigenvalue weighted by atomic mass is 10.1. The Labute approximate surface area is 201 Å². The molecule has 2 aromatic carbocycles. The summed E-state index contributed by atoms with van der Waals surface area (Å²) in [7, 11) is 4.43. The molecule has 0 fully saturated rings. The van der Waals surface area contributed by atoms with Crippen LogP contribution in [0.4, 0.5) is 5.69 Å². The molecule has 0 bridgehead atoms. The molecule has 1 heterocycles. The van der Waals surface area contributed by atoms with Gasteiger partial charge < -0.3 is 29.3 Å². The molecule has 1 aromatic heterocycles. The molecule has 0 unspecified atom stereocenters. The first-order chi connectivity index (χ1) is 16.3. The maximum absolute atomic E-state index is 12.6. The van der Waals surface area contributed by atoms with Crippen molar-refractivity contribution in [3.63, 3.8) is 0 Å². The molecule has 0 radical (unpaired) electrons. The van der Waals surface area contributed by atoms with Gasteiger partial charge in [0.15, 0.2) is 11.5 Å². The third-order valence-corrected chi connectivity index (χ3v) is 5.58. The topological polar surface area (TPSA) is 125 Å². The number of anilines is 1. The minimum Gasteiger partial charge on any atom is -0.493 e. The summed E-state index contributed by atoms with van der Waals surface area (Å²) in [6.07, 6.45) is 0. The largest absolute Gasteiger partial charge is 0.493 e. The second-order valence-corrected chi connectivity index (χ2v) is 8.14. The lowest BCUT2D eigenvalue weighted by Crippen LogP contribution is -2.23. The normalized spacial score (nSPS) is 10.5. The van der Waals surface area contributed by atoms with Gasteiger partial charge in [-0.2, -0.15) is 0 Å². The summed E-state index contributed by atoms with van der Waals surface area (Å²) in [5.41, 5.74) is 3.19. The monoisotopic (exact) mass is 486 g/mol. The average Bonchev–Trinajstić information content (AvgIpc) is 3.29. The zero-order valence-electron chi connectivity index (χ0n) is 19.6. The maximum Gasteiger partial charge on any atom is 0.277 e. The van der Waals surface area contributed by atoms with Gasteiger partial charge in [-0.1, -0.05) is 29.5 Å². The van der Waals surface area contributed by atoms with Crippen LogP contribution >= 0.6 is 11.8 Å². The maximum atomic E-state index is 12.6. The molecule has 0 saturated heterocycles. The molecule has 2 amide bonds. The van der Waals surface area contributed by atoms with Gasteiger partial charge in [-0.25, -0.2) is 0 Å². The number of nitrogens with zero attached hydrogens (tertiary/aromatic N) is 2. The Hall–Kier alpha value is -3.73. The number of rotatable bonds is 10. The minimum absolute atomic E-state index is 0.0117. The van der Waals surface area contributed by atoms with Crippen molar-refractivity contribution in [3.8, 4) is 17.2 Å². The van der Waals surface area contributed by atoms with E-state index in [9.17, 15) is 9.59 Å². The number of hydrogen-bond donors (Lipinski definition) is 2. The highest BCUT2D eigenvalue weighted by molar-refractivity contribution is 7.99. The average molecular weight is 487 g/mol. The SMILES string of the molecule is COc1cc(C(=O)NCc2nnc(SCC(=O)Nc3ccc(C)cc3C)o2)cc(OC)c1OC. The van der Waals surface area contributed by atoms with E-state index < -0.39 is 0 Å². The summed E-state index contributed by atoms with van der Waals surface area (Å²) in [6, 6.07) is 8.89. The number of nitrogens with one attached hydrogen (secondary N) is 2. The number of benzene rings is 2. The fourth-order valence-electron chi connectivity index (χ4n) is 3.11. The molecular weight excluding hydrogens is 460 g/mol. The van der Waals surface area contributed by atoms with Crippen molar-refractivity contribution in [3.05, 3.63) is 52.9 Å². The number of carbonyl (C=O) groups is 2. The van der Waals surface area contributed by atoms with Crippen molar-refractivity contribution in [2.45, 2.75) is 25.6 Å². The predicted molar refractivity (Wildman–Crippen MR) is 127 cm³/mol. The van der Waals surface area contributed by atoms with Gasteiger partial charge in [0.05, 0.1) is 33.6 Å². The van der Waals surface area contributed by atoms with Gasteiger partial charge in [0, 0.05) is 11.3 Å². The molecule has 34 heavy (non-hydrogen) atoms. The van der Waals surface area contributed by atoms with E-state index in [1.807, 2.05) is 32.0 Å². The Morgan fingerprint density at radius 2 is 1.71 bits per heavy atom. The molecule has 0 aliphatic rings. The number of thioether (sulfide) groups is 1. The molecule has 11 heteroatoms. The van der Waals surface area contributed by atoms with Crippen LogP contribution in [0.25, 0.3) is 0 Å². The number of hydrogen-bond acceptors (Lipinski definition) is 9. The number of aryl methyl sites for hydroxylation is 2. The molecule has 2 N–H and O–H groups in total. The molecule has 0 aliphatic carbocycles. The second-order valence-electron chi connectivity index (χ2n) is 7.21. The van der Waals surface area contributed by atoms with Crippen LogP contribution in [-0.4, -0.2) is 49.1 Å². The van der Waals surface area contributed by atoms with Gasteiger partial charge in [-0.15, -0.1) is 10.2 Å². The van der Waals surface area contributed by atoms with Crippen molar-refractivity contribution in [1.82, 2.24) is 15.5 Å². The summed E-state index contributed by atoms with van der Waals surface area (Å²) in [4.78, 5) is 24.8. The van der Waals surface area contributed by atoms with E-state index in [1.54, 1.807) is 12.1 Å². The predicted octanol–water partition coefficient (Wildman–Crippen LogP) is 3.37. The Morgan fingerprint density at radius 1 is 1.00 bits per heavy atom. The fraction of sp³-hybridized carbons (Fsp3) is 0.304. The van der Waals surface area contributed by atoms with E-state index in [0.717, 1.165) is 28.6 Å². The van der Waals surface area contributed by atoms with Gasteiger partial charge >= 0.3 is 0 Å². The lowest BCUT2D eigenvalue weighted by molar-refractivity contribution is -0.113. The van der Waals surface area contributed by atoms with Crippen LogP contribution in [-0.2, 0) is 11.3 Å².